The first kappa shape index (κ1) is 14.1. The molecule has 3 heteroatoms. The Hall–Kier alpha value is -2.29. The van der Waals surface area contributed by atoms with Crippen LogP contribution in [-0.4, -0.2) is 11.9 Å². The van der Waals surface area contributed by atoms with Crippen molar-refractivity contribution in [1.29, 1.82) is 0 Å². The number of nitrogens with one attached hydrogen (secondary N) is 1. The molecular formula is C17H19NO2. The molecule has 1 heterocycles. The Bertz CT molecular complexity index is 570. The van der Waals surface area contributed by atoms with Gasteiger partial charge in [0.15, 0.2) is 0 Å². The van der Waals surface area contributed by atoms with Gasteiger partial charge in [-0.3, -0.25) is 4.79 Å². The van der Waals surface area contributed by atoms with E-state index in [1.165, 1.54) is 0 Å². The van der Waals surface area contributed by atoms with Crippen LogP contribution in [0.15, 0.2) is 53.1 Å². The molecule has 2 aromatic rings. The predicted molar refractivity (Wildman–Crippen MR) is 80.9 cm³/mol. The van der Waals surface area contributed by atoms with E-state index in [0.717, 1.165) is 12.0 Å². The van der Waals surface area contributed by atoms with Crippen molar-refractivity contribution in [3.63, 3.8) is 0 Å². The van der Waals surface area contributed by atoms with Crippen LogP contribution < -0.4 is 5.32 Å². The van der Waals surface area contributed by atoms with Crippen molar-refractivity contribution in [2.45, 2.75) is 26.3 Å². The molecule has 104 valence electrons. The Kier molecular flexibility index (Phi) is 4.77. The zero-order valence-corrected chi connectivity index (χ0v) is 11.8. The van der Waals surface area contributed by atoms with Gasteiger partial charge < -0.3 is 9.73 Å². The lowest BCUT2D eigenvalue weighted by Crippen LogP contribution is -2.32. The Labute approximate surface area is 119 Å². The molecule has 0 aliphatic heterocycles. The van der Waals surface area contributed by atoms with E-state index >= 15 is 0 Å². The van der Waals surface area contributed by atoms with Gasteiger partial charge in [-0.15, -0.1) is 0 Å². The molecule has 0 aliphatic rings. The summed E-state index contributed by atoms with van der Waals surface area (Å²) < 4.78 is 5.31. The van der Waals surface area contributed by atoms with Crippen molar-refractivity contribution < 1.29 is 9.21 Å². The predicted octanol–water partition coefficient (Wildman–Crippen LogP) is 3.73. The molecule has 1 N–H and O–H groups in total. The molecule has 0 fully saturated rings. The van der Waals surface area contributed by atoms with Crippen LogP contribution in [0.2, 0.25) is 0 Å². The fourth-order valence-electron chi connectivity index (χ4n) is 1.82. The summed E-state index contributed by atoms with van der Waals surface area (Å²) in [7, 11) is 0. The molecule has 1 unspecified atom stereocenters. The minimum atomic E-state index is -0.0815. The normalized spacial score (nSPS) is 13.0. The number of benzene rings is 1. The summed E-state index contributed by atoms with van der Waals surface area (Å²) in [6, 6.07) is 13.4. The van der Waals surface area contributed by atoms with Crippen molar-refractivity contribution in [2.75, 3.05) is 0 Å². The summed E-state index contributed by atoms with van der Waals surface area (Å²) >= 11 is 0. The first-order valence-corrected chi connectivity index (χ1v) is 6.82. The van der Waals surface area contributed by atoms with Gasteiger partial charge in [0, 0.05) is 6.04 Å². The lowest BCUT2D eigenvalue weighted by atomic mass is 10.0. The van der Waals surface area contributed by atoms with Gasteiger partial charge in [-0.2, -0.15) is 0 Å². The average Bonchev–Trinajstić information content (AvgIpc) is 2.98. The van der Waals surface area contributed by atoms with Gasteiger partial charge in [0.2, 0.25) is 0 Å². The second-order valence-electron chi connectivity index (χ2n) is 4.72. The Morgan fingerprint density at radius 2 is 2.00 bits per heavy atom. The van der Waals surface area contributed by atoms with E-state index < -0.39 is 0 Å². The van der Waals surface area contributed by atoms with E-state index in [4.69, 9.17) is 4.42 Å². The molecule has 2 rings (SSSR count). The highest BCUT2D eigenvalue weighted by Gasteiger charge is 2.14. The summed E-state index contributed by atoms with van der Waals surface area (Å²) in [5, 5.41) is 2.99. The molecule has 1 atom stereocenters. The van der Waals surface area contributed by atoms with Gasteiger partial charge >= 0.3 is 0 Å². The monoisotopic (exact) mass is 269 g/mol. The fourth-order valence-corrected chi connectivity index (χ4v) is 1.82. The average molecular weight is 269 g/mol. The van der Waals surface area contributed by atoms with E-state index in [2.05, 4.69) is 5.32 Å². The van der Waals surface area contributed by atoms with Crippen LogP contribution in [0.5, 0.6) is 0 Å². The molecule has 20 heavy (non-hydrogen) atoms. The Morgan fingerprint density at radius 1 is 1.25 bits per heavy atom. The van der Waals surface area contributed by atoms with Gasteiger partial charge in [-0.05, 0) is 37.1 Å². The zero-order valence-electron chi connectivity index (χ0n) is 11.8. The summed E-state index contributed by atoms with van der Waals surface area (Å²) in [5.74, 6) is 0.588. The van der Waals surface area contributed by atoms with Crippen molar-refractivity contribution in [1.82, 2.24) is 5.32 Å². The first-order chi connectivity index (χ1) is 9.70. The number of carbonyl (C=O) groups is 1. The molecule has 1 aromatic heterocycles. The first-order valence-electron chi connectivity index (χ1n) is 6.82. The van der Waals surface area contributed by atoms with Crippen LogP contribution in [0, 0.1) is 0 Å². The molecule has 3 nitrogen and oxygen atoms in total. The molecule has 0 radical (unpaired) electrons. The van der Waals surface area contributed by atoms with Crippen molar-refractivity contribution in [2.24, 2.45) is 0 Å². The van der Waals surface area contributed by atoms with Crippen LogP contribution in [0.1, 0.15) is 31.6 Å². The van der Waals surface area contributed by atoms with Gasteiger partial charge in [0.25, 0.3) is 5.91 Å². The molecule has 0 saturated carbocycles. The maximum Gasteiger partial charge on any atom is 0.252 e. The van der Waals surface area contributed by atoms with Gasteiger partial charge in [0.1, 0.15) is 5.76 Å². The number of hydrogen-bond acceptors (Lipinski definition) is 2. The third kappa shape index (κ3) is 3.60. The third-order valence-corrected chi connectivity index (χ3v) is 3.15. The largest absolute Gasteiger partial charge is 0.465 e. The zero-order chi connectivity index (χ0) is 14.4. The molecule has 0 aliphatic carbocycles. The SMILES string of the molecule is CCC(C)NC(=O)/C(=C/c1ccco1)c1ccccc1. The molecule has 0 bridgehead atoms. The van der Waals surface area contributed by atoms with Crippen molar-refractivity contribution in [3.05, 3.63) is 60.1 Å². The number of hydrogen-bond donors (Lipinski definition) is 1. The van der Waals surface area contributed by atoms with Crippen LogP contribution in [0.4, 0.5) is 0 Å². The number of amides is 1. The van der Waals surface area contributed by atoms with E-state index in [1.807, 2.05) is 50.2 Å². The standard InChI is InChI=1S/C17H19NO2/c1-3-13(2)18-17(19)16(12-15-10-7-11-20-15)14-8-5-4-6-9-14/h4-13H,3H2,1-2H3,(H,18,19)/b16-12+. The van der Waals surface area contributed by atoms with Gasteiger partial charge in [-0.1, -0.05) is 37.3 Å². The minimum Gasteiger partial charge on any atom is -0.465 e. The minimum absolute atomic E-state index is 0.0815. The highest BCUT2D eigenvalue weighted by atomic mass is 16.3. The maximum absolute atomic E-state index is 12.4. The van der Waals surface area contributed by atoms with E-state index in [1.54, 1.807) is 18.4 Å². The quantitative estimate of drug-likeness (QED) is 0.840. The second-order valence-corrected chi connectivity index (χ2v) is 4.72. The van der Waals surface area contributed by atoms with Crippen molar-refractivity contribution >= 4 is 17.6 Å². The maximum atomic E-state index is 12.4. The van der Waals surface area contributed by atoms with E-state index in [0.29, 0.717) is 11.3 Å². The van der Waals surface area contributed by atoms with Gasteiger partial charge in [-0.25, -0.2) is 0 Å². The summed E-state index contributed by atoms with van der Waals surface area (Å²) in [5.41, 5.74) is 1.49. The second kappa shape index (κ2) is 6.75. The van der Waals surface area contributed by atoms with E-state index in [9.17, 15) is 4.79 Å². The van der Waals surface area contributed by atoms with Crippen LogP contribution in [0.3, 0.4) is 0 Å². The molecule has 0 saturated heterocycles. The Balaban J connectivity index is 2.32. The molecule has 1 amide bonds. The molecular weight excluding hydrogens is 250 g/mol. The topological polar surface area (TPSA) is 42.2 Å². The summed E-state index contributed by atoms with van der Waals surface area (Å²) in [6.45, 7) is 4.04. The molecule has 1 aromatic carbocycles. The summed E-state index contributed by atoms with van der Waals surface area (Å²) in [4.78, 5) is 12.4. The number of carbonyl (C=O) groups excluding carboxylic acids is 1. The van der Waals surface area contributed by atoms with E-state index in [-0.39, 0.29) is 11.9 Å². The van der Waals surface area contributed by atoms with Crippen LogP contribution in [0.25, 0.3) is 11.6 Å². The highest BCUT2D eigenvalue weighted by molar-refractivity contribution is 6.24. The van der Waals surface area contributed by atoms with Crippen LogP contribution in [-0.2, 0) is 4.79 Å². The third-order valence-electron chi connectivity index (χ3n) is 3.15. The smallest absolute Gasteiger partial charge is 0.252 e. The summed E-state index contributed by atoms with van der Waals surface area (Å²) in [6.07, 6.45) is 4.27. The molecule has 0 spiro atoms. The lowest BCUT2D eigenvalue weighted by molar-refractivity contribution is -0.116. The number of furan rings is 1. The Morgan fingerprint density at radius 3 is 2.60 bits per heavy atom. The van der Waals surface area contributed by atoms with Crippen LogP contribution >= 0.6 is 0 Å². The number of rotatable bonds is 5. The lowest BCUT2D eigenvalue weighted by Gasteiger charge is -2.13. The van der Waals surface area contributed by atoms with Gasteiger partial charge in [0.05, 0.1) is 11.8 Å². The highest BCUT2D eigenvalue weighted by Crippen LogP contribution is 2.19. The van der Waals surface area contributed by atoms with Crippen molar-refractivity contribution in [3.8, 4) is 0 Å². The fraction of sp³-hybridized carbons (Fsp3) is 0.235.